The first kappa shape index (κ1) is 8.77. The fourth-order valence-electron chi connectivity index (χ4n) is 0.796. The molecule has 0 aliphatic carbocycles. The molecule has 0 spiro atoms. The van der Waals surface area contributed by atoms with Crippen LogP contribution in [0.2, 0.25) is 0 Å². The van der Waals surface area contributed by atoms with Crippen LogP contribution in [-0.2, 0) is 0 Å². The van der Waals surface area contributed by atoms with E-state index >= 15 is 0 Å². The molecule has 0 aliphatic heterocycles. The minimum atomic E-state index is -2.33. The van der Waals surface area contributed by atoms with E-state index in [0.717, 1.165) is 0 Å². The van der Waals surface area contributed by atoms with Crippen molar-refractivity contribution in [2.45, 2.75) is 6.43 Å². The average Bonchev–Trinajstić information content (AvgIpc) is 2.03. The summed E-state index contributed by atoms with van der Waals surface area (Å²) >= 11 is 0. The normalized spacial score (nSPS) is 10.2. The van der Waals surface area contributed by atoms with Crippen LogP contribution < -0.4 is 11.1 Å². The van der Waals surface area contributed by atoms with Crippen LogP contribution in [0.5, 0.6) is 0 Å². The van der Waals surface area contributed by atoms with E-state index in [1.54, 1.807) is 24.3 Å². The second-order valence-electron chi connectivity index (χ2n) is 2.39. The summed E-state index contributed by atoms with van der Waals surface area (Å²) < 4.78 is 23.4. The van der Waals surface area contributed by atoms with E-state index in [2.05, 4.69) is 5.32 Å². The standard InChI is InChI=1S/C8H10F2N2/c9-8(10)5-12-7-3-1-6(11)2-4-7/h1-4,8,12H,5,11H2. The summed E-state index contributed by atoms with van der Waals surface area (Å²) in [6, 6.07) is 6.65. The van der Waals surface area contributed by atoms with Crippen molar-refractivity contribution in [3.8, 4) is 0 Å². The molecule has 12 heavy (non-hydrogen) atoms. The number of nitrogens with one attached hydrogen (secondary N) is 1. The van der Waals surface area contributed by atoms with E-state index in [9.17, 15) is 8.78 Å². The molecule has 1 rings (SSSR count). The van der Waals surface area contributed by atoms with Crippen molar-refractivity contribution in [3.63, 3.8) is 0 Å². The lowest BCUT2D eigenvalue weighted by Crippen LogP contribution is -2.09. The Hall–Kier alpha value is -1.32. The Balaban J connectivity index is 2.48. The summed E-state index contributed by atoms with van der Waals surface area (Å²) in [6.45, 7) is -0.329. The molecule has 0 atom stereocenters. The molecule has 1 aromatic carbocycles. The zero-order valence-corrected chi connectivity index (χ0v) is 6.43. The third kappa shape index (κ3) is 2.74. The quantitative estimate of drug-likeness (QED) is 0.684. The smallest absolute Gasteiger partial charge is 0.255 e. The Bertz CT molecular complexity index is 233. The molecule has 2 nitrogen and oxygen atoms in total. The van der Waals surface area contributed by atoms with Crippen molar-refractivity contribution in [1.29, 1.82) is 0 Å². The molecule has 0 heterocycles. The van der Waals surface area contributed by atoms with Gasteiger partial charge in [-0.1, -0.05) is 0 Å². The van der Waals surface area contributed by atoms with Gasteiger partial charge >= 0.3 is 0 Å². The zero-order valence-electron chi connectivity index (χ0n) is 6.43. The van der Waals surface area contributed by atoms with Crippen LogP contribution in [0.3, 0.4) is 0 Å². The first-order valence-corrected chi connectivity index (χ1v) is 3.56. The number of anilines is 2. The Morgan fingerprint density at radius 2 is 1.83 bits per heavy atom. The monoisotopic (exact) mass is 172 g/mol. The molecule has 66 valence electrons. The van der Waals surface area contributed by atoms with Crippen molar-refractivity contribution in [1.82, 2.24) is 0 Å². The highest BCUT2D eigenvalue weighted by Gasteiger charge is 2.00. The fourth-order valence-corrected chi connectivity index (χ4v) is 0.796. The summed E-state index contributed by atoms with van der Waals surface area (Å²) in [5.41, 5.74) is 6.69. The van der Waals surface area contributed by atoms with Gasteiger partial charge in [0.15, 0.2) is 0 Å². The highest BCUT2D eigenvalue weighted by atomic mass is 19.3. The lowest BCUT2D eigenvalue weighted by molar-refractivity contribution is 0.163. The number of benzene rings is 1. The van der Waals surface area contributed by atoms with Crippen LogP contribution in [0.1, 0.15) is 0 Å². The molecule has 0 saturated heterocycles. The minimum Gasteiger partial charge on any atom is -0.399 e. The van der Waals surface area contributed by atoms with Crippen LogP contribution >= 0.6 is 0 Å². The molecule has 0 bridgehead atoms. The molecular formula is C8H10F2N2. The molecule has 4 heteroatoms. The maximum atomic E-state index is 11.7. The van der Waals surface area contributed by atoms with Gasteiger partial charge in [0.1, 0.15) is 0 Å². The Morgan fingerprint density at radius 1 is 1.25 bits per heavy atom. The number of hydrogen-bond donors (Lipinski definition) is 2. The molecule has 0 aromatic heterocycles. The highest BCUT2D eigenvalue weighted by molar-refractivity contribution is 5.51. The molecule has 3 N–H and O–H groups in total. The molecule has 0 amide bonds. The second-order valence-corrected chi connectivity index (χ2v) is 2.39. The van der Waals surface area contributed by atoms with Gasteiger partial charge < -0.3 is 11.1 Å². The van der Waals surface area contributed by atoms with E-state index in [1.807, 2.05) is 0 Å². The SMILES string of the molecule is Nc1ccc(NCC(F)F)cc1. The molecular weight excluding hydrogens is 162 g/mol. The number of hydrogen-bond acceptors (Lipinski definition) is 2. The van der Waals surface area contributed by atoms with Gasteiger partial charge in [-0.15, -0.1) is 0 Å². The van der Waals surface area contributed by atoms with Crippen LogP contribution in [-0.4, -0.2) is 13.0 Å². The zero-order chi connectivity index (χ0) is 8.97. The Labute approximate surface area is 69.4 Å². The summed E-state index contributed by atoms with van der Waals surface area (Å²) in [5, 5.41) is 2.57. The van der Waals surface area contributed by atoms with Crippen molar-refractivity contribution < 1.29 is 8.78 Å². The van der Waals surface area contributed by atoms with Crippen molar-refractivity contribution >= 4 is 11.4 Å². The summed E-state index contributed by atoms with van der Waals surface area (Å²) in [6.07, 6.45) is -2.33. The first-order valence-electron chi connectivity index (χ1n) is 3.56. The number of rotatable bonds is 3. The molecule has 0 fully saturated rings. The summed E-state index contributed by atoms with van der Waals surface area (Å²) in [7, 11) is 0. The molecule has 0 unspecified atom stereocenters. The predicted octanol–water partition coefficient (Wildman–Crippen LogP) is 1.95. The van der Waals surface area contributed by atoms with Gasteiger partial charge in [-0.25, -0.2) is 8.78 Å². The van der Waals surface area contributed by atoms with Gasteiger partial charge in [0.05, 0.1) is 6.54 Å². The van der Waals surface area contributed by atoms with Crippen LogP contribution in [0.25, 0.3) is 0 Å². The number of nitrogen functional groups attached to an aromatic ring is 1. The topological polar surface area (TPSA) is 38.0 Å². The summed E-state index contributed by atoms with van der Waals surface area (Å²) in [4.78, 5) is 0. The fraction of sp³-hybridized carbons (Fsp3) is 0.250. The maximum Gasteiger partial charge on any atom is 0.255 e. The molecule has 0 aliphatic rings. The Kier molecular flexibility index (Phi) is 2.85. The van der Waals surface area contributed by atoms with Gasteiger partial charge in [0.2, 0.25) is 0 Å². The van der Waals surface area contributed by atoms with E-state index in [1.165, 1.54) is 0 Å². The lowest BCUT2D eigenvalue weighted by Gasteiger charge is -2.04. The number of nitrogens with two attached hydrogens (primary N) is 1. The van der Waals surface area contributed by atoms with Gasteiger partial charge in [-0.05, 0) is 24.3 Å². The lowest BCUT2D eigenvalue weighted by atomic mass is 10.3. The molecule has 1 aromatic rings. The van der Waals surface area contributed by atoms with Crippen molar-refractivity contribution in [2.24, 2.45) is 0 Å². The van der Waals surface area contributed by atoms with Crippen LogP contribution in [0.15, 0.2) is 24.3 Å². The van der Waals surface area contributed by atoms with Crippen molar-refractivity contribution in [3.05, 3.63) is 24.3 Å². The van der Waals surface area contributed by atoms with E-state index in [-0.39, 0.29) is 6.54 Å². The van der Waals surface area contributed by atoms with Gasteiger partial charge in [0, 0.05) is 11.4 Å². The number of halogens is 2. The third-order valence-electron chi connectivity index (χ3n) is 1.37. The Morgan fingerprint density at radius 3 is 2.33 bits per heavy atom. The maximum absolute atomic E-state index is 11.7. The van der Waals surface area contributed by atoms with Crippen LogP contribution in [0, 0.1) is 0 Å². The highest BCUT2D eigenvalue weighted by Crippen LogP contribution is 2.10. The number of alkyl halides is 2. The first-order chi connectivity index (χ1) is 5.68. The second kappa shape index (κ2) is 3.90. The largest absolute Gasteiger partial charge is 0.399 e. The van der Waals surface area contributed by atoms with Gasteiger partial charge in [-0.2, -0.15) is 0 Å². The van der Waals surface area contributed by atoms with E-state index < -0.39 is 6.43 Å². The van der Waals surface area contributed by atoms with Gasteiger partial charge in [-0.3, -0.25) is 0 Å². The minimum absolute atomic E-state index is 0.329. The summed E-state index contributed by atoms with van der Waals surface area (Å²) in [5.74, 6) is 0. The van der Waals surface area contributed by atoms with Crippen molar-refractivity contribution in [2.75, 3.05) is 17.6 Å². The van der Waals surface area contributed by atoms with Crippen LogP contribution in [0.4, 0.5) is 20.2 Å². The molecule has 0 saturated carbocycles. The molecule has 0 radical (unpaired) electrons. The predicted molar refractivity (Wildman–Crippen MR) is 45.3 cm³/mol. The van der Waals surface area contributed by atoms with E-state index in [4.69, 9.17) is 5.73 Å². The van der Waals surface area contributed by atoms with Gasteiger partial charge in [0.25, 0.3) is 6.43 Å². The third-order valence-corrected chi connectivity index (χ3v) is 1.37. The van der Waals surface area contributed by atoms with E-state index in [0.29, 0.717) is 11.4 Å². The average molecular weight is 172 g/mol.